The fourth-order valence-electron chi connectivity index (χ4n) is 0.883. The molecule has 0 unspecified atom stereocenters. The van der Waals surface area contributed by atoms with Gasteiger partial charge in [0.25, 0.3) is 0 Å². The first-order valence-electron chi connectivity index (χ1n) is 3.33. The highest BCUT2D eigenvalue weighted by Crippen LogP contribution is 1.98. The minimum atomic E-state index is -0.869. The standard InChI is InChI=1S/C5H11N3O3/c6-5(9)8(10)7-1-3-11-4-2-7/h10H,1-4H2,(H2,6,9). The van der Waals surface area contributed by atoms with Crippen LogP contribution in [0.25, 0.3) is 0 Å². The van der Waals surface area contributed by atoms with Crippen LogP contribution in [0, 0.1) is 0 Å². The van der Waals surface area contributed by atoms with Crippen molar-refractivity contribution in [3.63, 3.8) is 0 Å². The van der Waals surface area contributed by atoms with Crippen molar-refractivity contribution in [1.82, 2.24) is 10.2 Å². The van der Waals surface area contributed by atoms with Gasteiger partial charge < -0.3 is 10.5 Å². The Kier molecular flexibility index (Phi) is 2.64. The number of hydrogen-bond acceptors (Lipinski definition) is 4. The van der Waals surface area contributed by atoms with Gasteiger partial charge in [0.05, 0.1) is 13.2 Å². The summed E-state index contributed by atoms with van der Waals surface area (Å²) in [4.78, 5) is 10.4. The van der Waals surface area contributed by atoms with E-state index in [1.54, 1.807) is 0 Å². The fraction of sp³-hybridized carbons (Fsp3) is 0.800. The van der Waals surface area contributed by atoms with Crippen LogP contribution in [0.15, 0.2) is 0 Å². The normalized spacial score (nSPS) is 19.7. The molecule has 0 aromatic carbocycles. The van der Waals surface area contributed by atoms with Crippen LogP contribution >= 0.6 is 0 Å². The van der Waals surface area contributed by atoms with Crippen LogP contribution in [0.1, 0.15) is 0 Å². The summed E-state index contributed by atoms with van der Waals surface area (Å²) in [6.45, 7) is 1.98. The summed E-state index contributed by atoms with van der Waals surface area (Å²) in [5.41, 5.74) is 4.82. The van der Waals surface area contributed by atoms with Gasteiger partial charge in [-0.05, 0) is 0 Å². The second-order valence-electron chi connectivity index (χ2n) is 2.19. The van der Waals surface area contributed by atoms with Crippen LogP contribution in [0.4, 0.5) is 4.79 Å². The Balaban J connectivity index is 2.38. The average molecular weight is 161 g/mol. The summed E-state index contributed by atoms with van der Waals surface area (Å²) in [5.74, 6) is 0. The van der Waals surface area contributed by atoms with Gasteiger partial charge in [0.2, 0.25) is 0 Å². The number of amides is 2. The lowest BCUT2D eigenvalue weighted by atomic mass is 10.5. The zero-order chi connectivity index (χ0) is 8.27. The third-order valence-electron chi connectivity index (χ3n) is 1.45. The van der Waals surface area contributed by atoms with Crippen LogP contribution in [0.3, 0.4) is 0 Å². The highest BCUT2D eigenvalue weighted by atomic mass is 16.6. The van der Waals surface area contributed by atoms with E-state index < -0.39 is 6.03 Å². The molecule has 0 radical (unpaired) electrons. The number of primary amides is 1. The van der Waals surface area contributed by atoms with Crippen molar-refractivity contribution in [2.45, 2.75) is 0 Å². The second-order valence-corrected chi connectivity index (χ2v) is 2.19. The molecular formula is C5H11N3O3. The molecule has 6 heteroatoms. The van der Waals surface area contributed by atoms with Gasteiger partial charge >= 0.3 is 6.03 Å². The first-order chi connectivity index (χ1) is 5.22. The summed E-state index contributed by atoms with van der Waals surface area (Å²) in [5, 5.41) is 10.8. The zero-order valence-electron chi connectivity index (χ0n) is 6.06. The molecule has 64 valence electrons. The minimum absolute atomic E-state index is 0.419. The van der Waals surface area contributed by atoms with E-state index in [1.165, 1.54) is 5.01 Å². The van der Waals surface area contributed by atoms with Crippen LogP contribution in [0.2, 0.25) is 0 Å². The van der Waals surface area contributed by atoms with Crippen molar-refractivity contribution in [1.29, 1.82) is 0 Å². The van der Waals surface area contributed by atoms with Crippen LogP contribution in [-0.2, 0) is 4.74 Å². The minimum Gasteiger partial charge on any atom is -0.379 e. The van der Waals surface area contributed by atoms with E-state index in [0.29, 0.717) is 31.5 Å². The topological polar surface area (TPSA) is 79.0 Å². The molecule has 11 heavy (non-hydrogen) atoms. The lowest BCUT2D eigenvalue weighted by Crippen LogP contribution is -2.51. The quantitative estimate of drug-likeness (QED) is 0.382. The Morgan fingerprint density at radius 3 is 2.55 bits per heavy atom. The predicted octanol–water partition coefficient (Wildman–Crippen LogP) is -0.996. The maximum absolute atomic E-state index is 10.4. The lowest BCUT2D eigenvalue weighted by molar-refractivity contribution is -0.218. The highest BCUT2D eigenvalue weighted by molar-refractivity contribution is 5.69. The average Bonchev–Trinajstić information content (AvgIpc) is 2.05. The summed E-state index contributed by atoms with van der Waals surface area (Å²) >= 11 is 0. The van der Waals surface area contributed by atoms with Crippen LogP contribution < -0.4 is 5.73 Å². The number of carbonyl (C=O) groups excluding carboxylic acids is 1. The van der Waals surface area contributed by atoms with Crippen molar-refractivity contribution in [2.24, 2.45) is 5.73 Å². The van der Waals surface area contributed by atoms with E-state index >= 15 is 0 Å². The molecule has 0 aromatic heterocycles. The number of rotatable bonds is 1. The molecule has 0 bridgehead atoms. The Morgan fingerprint density at radius 1 is 1.55 bits per heavy atom. The first kappa shape index (κ1) is 8.25. The smallest absolute Gasteiger partial charge is 0.354 e. The molecule has 0 spiro atoms. The molecule has 2 amide bonds. The molecule has 0 aliphatic carbocycles. The Bertz CT molecular complexity index is 146. The Morgan fingerprint density at radius 2 is 2.09 bits per heavy atom. The van der Waals surface area contributed by atoms with Crippen LogP contribution in [0.5, 0.6) is 0 Å². The SMILES string of the molecule is NC(=O)N(O)N1CCOCC1. The fourth-order valence-corrected chi connectivity index (χ4v) is 0.883. The van der Waals surface area contributed by atoms with E-state index in [9.17, 15) is 4.79 Å². The number of nitrogens with two attached hydrogens (primary N) is 1. The second kappa shape index (κ2) is 3.51. The van der Waals surface area contributed by atoms with Crippen LogP contribution in [-0.4, -0.2) is 47.7 Å². The monoisotopic (exact) mass is 161 g/mol. The number of urea groups is 1. The van der Waals surface area contributed by atoms with Crippen molar-refractivity contribution < 1.29 is 14.7 Å². The van der Waals surface area contributed by atoms with E-state index in [1.807, 2.05) is 0 Å². The molecule has 0 atom stereocenters. The summed E-state index contributed by atoms with van der Waals surface area (Å²) in [7, 11) is 0. The maximum atomic E-state index is 10.4. The number of hydrazine groups is 1. The largest absolute Gasteiger partial charge is 0.379 e. The molecule has 0 saturated carbocycles. The number of hydroxylamine groups is 1. The predicted molar refractivity (Wildman–Crippen MR) is 35.6 cm³/mol. The summed E-state index contributed by atoms with van der Waals surface area (Å²) in [6, 6.07) is -0.869. The van der Waals surface area contributed by atoms with Crippen molar-refractivity contribution in [3.05, 3.63) is 0 Å². The number of hydrogen-bond donors (Lipinski definition) is 2. The Labute approximate surface area is 64.0 Å². The molecule has 3 N–H and O–H groups in total. The molecule has 1 aliphatic rings. The Hall–Kier alpha value is -0.850. The summed E-state index contributed by atoms with van der Waals surface area (Å²) in [6.07, 6.45) is 0. The van der Waals surface area contributed by atoms with Crippen molar-refractivity contribution >= 4 is 6.03 Å². The molecule has 1 saturated heterocycles. The van der Waals surface area contributed by atoms with E-state index in [-0.39, 0.29) is 0 Å². The lowest BCUT2D eigenvalue weighted by Gasteiger charge is -2.30. The van der Waals surface area contributed by atoms with E-state index in [4.69, 9.17) is 15.7 Å². The molecule has 1 fully saturated rings. The van der Waals surface area contributed by atoms with E-state index in [2.05, 4.69) is 0 Å². The van der Waals surface area contributed by atoms with Gasteiger partial charge in [-0.2, -0.15) is 5.01 Å². The van der Waals surface area contributed by atoms with Crippen molar-refractivity contribution in [3.8, 4) is 0 Å². The molecule has 0 aromatic rings. The number of ether oxygens (including phenoxy) is 1. The van der Waals surface area contributed by atoms with Gasteiger partial charge in [-0.1, -0.05) is 0 Å². The molecule has 6 nitrogen and oxygen atoms in total. The van der Waals surface area contributed by atoms with Gasteiger partial charge in [-0.3, -0.25) is 5.21 Å². The van der Waals surface area contributed by atoms with Gasteiger partial charge in [0.1, 0.15) is 0 Å². The number of carbonyl (C=O) groups is 1. The molecule has 1 aliphatic heterocycles. The third kappa shape index (κ3) is 2.04. The first-order valence-corrected chi connectivity index (χ1v) is 3.33. The number of nitrogens with zero attached hydrogens (tertiary/aromatic N) is 2. The van der Waals surface area contributed by atoms with Crippen molar-refractivity contribution in [2.75, 3.05) is 26.3 Å². The van der Waals surface area contributed by atoms with Gasteiger partial charge in [0, 0.05) is 13.1 Å². The van der Waals surface area contributed by atoms with Gasteiger partial charge in [-0.25, -0.2) is 4.79 Å². The summed E-state index contributed by atoms with van der Waals surface area (Å²) < 4.78 is 5.00. The molecule has 1 heterocycles. The van der Waals surface area contributed by atoms with Gasteiger partial charge in [0.15, 0.2) is 0 Å². The van der Waals surface area contributed by atoms with E-state index in [0.717, 1.165) is 0 Å². The maximum Gasteiger partial charge on any atom is 0.354 e. The third-order valence-corrected chi connectivity index (χ3v) is 1.45. The zero-order valence-corrected chi connectivity index (χ0v) is 6.06. The van der Waals surface area contributed by atoms with Gasteiger partial charge in [-0.15, -0.1) is 5.17 Å². The molecule has 1 rings (SSSR count). The number of morpholine rings is 1. The highest BCUT2D eigenvalue weighted by Gasteiger charge is 2.19. The molecular weight excluding hydrogens is 150 g/mol.